The molecule has 2 N–H and O–H groups in total. The molecule has 0 spiro atoms. The molecule has 0 saturated carbocycles. The molecule has 0 unspecified atom stereocenters. The lowest BCUT2D eigenvalue weighted by Crippen LogP contribution is -2.09. The summed E-state index contributed by atoms with van der Waals surface area (Å²) in [6.07, 6.45) is 0. The van der Waals surface area contributed by atoms with E-state index in [1.165, 1.54) is 12.1 Å². The van der Waals surface area contributed by atoms with Crippen molar-refractivity contribution in [2.75, 3.05) is 5.73 Å². The van der Waals surface area contributed by atoms with Crippen LogP contribution in [0.25, 0.3) is 0 Å². The predicted molar refractivity (Wildman–Crippen MR) is 83.8 cm³/mol. The number of carbonyl (C=O) groups is 1. The molecule has 0 amide bonds. The van der Waals surface area contributed by atoms with E-state index in [0.717, 1.165) is 0 Å². The third-order valence-corrected chi connectivity index (χ3v) is 3.75. The third-order valence-electron chi connectivity index (χ3n) is 2.99. The molecule has 0 aliphatic heterocycles. The minimum Gasteiger partial charge on any atom is -0.457 e. The Labute approximate surface area is 135 Å². The number of esters is 1. The van der Waals surface area contributed by atoms with Crippen LogP contribution in [0.3, 0.4) is 0 Å². The Kier molecular flexibility index (Phi) is 4.85. The molecule has 0 bridgehead atoms. The lowest BCUT2D eigenvalue weighted by atomic mass is 10.1. The smallest absolute Gasteiger partial charge is 0.338 e. The van der Waals surface area contributed by atoms with E-state index in [1.54, 1.807) is 25.1 Å². The van der Waals surface area contributed by atoms with Crippen molar-refractivity contribution in [3.63, 3.8) is 0 Å². The van der Waals surface area contributed by atoms with E-state index in [2.05, 4.69) is 15.9 Å². The lowest BCUT2D eigenvalue weighted by molar-refractivity contribution is 0.0471. The average Bonchev–Trinajstić information content (AvgIpc) is 2.43. The number of hydrogen-bond acceptors (Lipinski definition) is 3. The highest BCUT2D eigenvalue weighted by Gasteiger charge is 2.14. The summed E-state index contributed by atoms with van der Waals surface area (Å²) >= 11 is 8.87. The monoisotopic (exact) mass is 371 g/mol. The summed E-state index contributed by atoms with van der Waals surface area (Å²) in [5.41, 5.74) is 7.83. The van der Waals surface area contributed by atoms with Crippen LogP contribution in [-0.4, -0.2) is 5.97 Å². The lowest BCUT2D eigenvalue weighted by Gasteiger charge is -2.10. The van der Waals surface area contributed by atoms with Gasteiger partial charge in [-0.1, -0.05) is 33.6 Å². The van der Waals surface area contributed by atoms with Crippen molar-refractivity contribution in [1.82, 2.24) is 0 Å². The Hall–Kier alpha value is -1.59. The fourth-order valence-corrected chi connectivity index (χ4v) is 2.36. The number of anilines is 1. The molecule has 0 saturated heterocycles. The maximum Gasteiger partial charge on any atom is 0.338 e. The zero-order chi connectivity index (χ0) is 15.6. The number of rotatable bonds is 3. The molecule has 2 rings (SSSR count). The van der Waals surface area contributed by atoms with Gasteiger partial charge < -0.3 is 10.5 Å². The molecule has 0 aliphatic rings. The number of ether oxygens (including phenoxy) is 1. The zero-order valence-corrected chi connectivity index (χ0v) is 13.5. The Balaban J connectivity index is 2.13. The Morgan fingerprint density at radius 3 is 2.76 bits per heavy atom. The van der Waals surface area contributed by atoms with Gasteiger partial charge in [-0.2, -0.15) is 0 Å². The predicted octanol–water partition coefficient (Wildman–Crippen LogP) is 4.49. The second-order valence-electron chi connectivity index (χ2n) is 4.49. The first-order valence-corrected chi connectivity index (χ1v) is 7.22. The van der Waals surface area contributed by atoms with Crippen molar-refractivity contribution >= 4 is 39.2 Å². The summed E-state index contributed by atoms with van der Waals surface area (Å²) < 4.78 is 19.2. The second kappa shape index (κ2) is 6.45. The summed E-state index contributed by atoms with van der Waals surface area (Å²) in [5.74, 6) is -1.07. The molecule has 2 aromatic carbocycles. The van der Waals surface area contributed by atoms with E-state index in [0.29, 0.717) is 26.9 Å². The van der Waals surface area contributed by atoms with Crippen LogP contribution in [0.4, 0.5) is 10.1 Å². The molecule has 21 heavy (non-hydrogen) atoms. The molecule has 0 aliphatic carbocycles. The van der Waals surface area contributed by atoms with E-state index in [9.17, 15) is 9.18 Å². The quantitative estimate of drug-likeness (QED) is 0.638. The van der Waals surface area contributed by atoms with E-state index >= 15 is 0 Å². The largest absolute Gasteiger partial charge is 0.457 e. The molecular formula is C15H12BrClFNO2. The fraction of sp³-hybridized carbons (Fsp3) is 0.133. The van der Waals surface area contributed by atoms with Crippen molar-refractivity contribution in [3.8, 4) is 0 Å². The number of halogens is 3. The SMILES string of the molecule is Cc1c(N)cc(Br)cc1C(=O)OCc1ccc(Cl)c(F)c1. The van der Waals surface area contributed by atoms with Crippen LogP contribution < -0.4 is 5.73 Å². The highest BCUT2D eigenvalue weighted by atomic mass is 79.9. The summed E-state index contributed by atoms with van der Waals surface area (Å²) in [5, 5.41) is 0.0284. The average molecular weight is 373 g/mol. The van der Waals surface area contributed by atoms with Gasteiger partial charge in [-0.3, -0.25) is 0 Å². The molecule has 3 nitrogen and oxygen atoms in total. The molecule has 0 radical (unpaired) electrons. The minimum absolute atomic E-state index is 0.0284. The Morgan fingerprint density at radius 1 is 1.38 bits per heavy atom. The van der Waals surface area contributed by atoms with Crippen molar-refractivity contribution in [3.05, 3.63) is 62.3 Å². The molecule has 0 heterocycles. The summed E-state index contributed by atoms with van der Waals surface area (Å²) in [6, 6.07) is 7.60. The van der Waals surface area contributed by atoms with Gasteiger partial charge in [-0.15, -0.1) is 0 Å². The van der Waals surface area contributed by atoms with E-state index in [-0.39, 0.29) is 11.6 Å². The third kappa shape index (κ3) is 3.74. The standard InChI is InChI=1S/C15H12BrClFNO2/c1-8-11(5-10(16)6-14(8)19)15(20)21-7-9-2-3-12(17)13(18)4-9/h2-6H,7,19H2,1H3. The summed E-state index contributed by atoms with van der Waals surface area (Å²) in [6.45, 7) is 1.69. The molecule has 110 valence electrons. The second-order valence-corrected chi connectivity index (χ2v) is 5.82. The van der Waals surface area contributed by atoms with Gasteiger partial charge in [-0.25, -0.2) is 9.18 Å². The molecular weight excluding hydrogens is 361 g/mol. The maximum absolute atomic E-state index is 13.3. The van der Waals surface area contributed by atoms with Gasteiger partial charge in [0.2, 0.25) is 0 Å². The van der Waals surface area contributed by atoms with Gasteiger partial charge in [-0.05, 0) is 42.3 Å². The van der Waals surface area contributed by atoms with Gasteiger partial charge in [0.1, 0.15) is 12.4 Å². The topological polar surface area (TPSA) is 52.3 Å². The van der Waals surface area contributed by atoms with Crippen LogP contribution >= 0.6 is 27.5 Å². The van der Waals surface area contributed by atoms with E-state index in [1.807, 2.05) is 0 Å². The number of carbonyl (C=O) groups excluding carboxylic acids is 1. The van der Waals surface area contributed by atoms with Crippen LogP contribution in [0.5, 0.6) is 0 Å². The van der Waals surface area contributed by atoms with Crippen LogP contribution in [0, 0.1) is 12.7 Å². The molecule has 0 atom stereocenters. The Bertz CT molecular complexity index is 706. The minimum atomic E-state index is -0.548. The van der Waals surface area contributed by atoms with Crippen LogP contribution in [0.1, 0.15) is 21.5 Å². The molecule has 0 fully saturated rings. The highest BCUT2D eigenvalue weighted by molar-refractivity contribution is 9.10. The molecule has 2 aromatic rings. The fourth-order valence-electron chi connectivity index (χ4n) is 1.77. The summed E-state index contributed by atoms with van der Waals surface area (Å²) in [4.78, 5) is 12.1. The number of nitrogen functional groups attached to an aromatic ring is 1. The van der Waals surface area contributed by atoms with Gasteiger partial charge in [0.05, 0.1) is 10.6 Å². The van der Waals surface area contributed by atoms with E-state index < -0.39 is 11.8 Å². The normalized spacial score (nSPS) is 10.5. The molecule has 0 aromatic heterocycles. The van der Waals surface area contributed by atoms with E-state index in [4.69, 9.17) is 22.1 Å². The van der Waals surface area contributed by atoms with Crippen LogP contribution in [0.15, 0.2) is 34.8 Å². The van der Waals surface area contributed by atoms with Crippen molar-refractivity contribution in [2.45, 2.75) is 13.5 Å². The first kappa shape index (κ1) is 15.8. The molecule has 6 heteroatoms. The Morgan fingerprint density at radius 2 is 2.10 bits per heavy atom. The zero-order valence-electron chi connectivity index (χ0n) is 11.1. The van der Waals surface area contributed by atoms with Crippen LogP contribution in [0.2, 0.25) is 5.02 Å². The van der Waals surface area contributed by atoms with Crippen LogP contribution in [-0.2, 0) is 11.3 Å². The highest BCUT2D eigenvalue weighted by Crippen LogP contribution is 2.24. The van der Waals surface area contributed by atoms with Gasteiger partial charge in [0, 0.05) is 10.2 Å². The number of benzene rings is 2. The van der Waals surface area contributed by atoms with Crippen molar-refractivity contribution < 1.29 is 13.9 Å². The van der Waals surface area contributed by atoms with Gasteiger partial charge in [0.15, 0.2) is 0 Å². The van der Waals surface area contributed by atoms with Crippen molar-refractivity contribution in [1.29, 1.82) is 0 Å². The number of hydrogen-bond donors (Lipinski definition) is 1. The van der Waals surface area contributed by atoms with Gasteiger partial charge >= 0.3 is 5.97 Å². The maximum atomic E-state index is 13.3. The summed E-state index contributed by atoms with van der Waals surface area (Å²) in [7, 11) is 0. The van der Waals surface area contributed by atoms with Gasteiger partial charge in [0.25, 0.3) is 0 Å². The number of nitrogens with two attached hydrogens (primary N) is 1. The van der Waals surface area contributed by atoms with Crippen molar-refractivity contribution in [2.24, 2.45) is 0 Å². The first-order valence-electron chi connectivity index (χ1n) is 6.05. The first-order chi connectivity index (χ1) is 9.88.